The van der Waals surface area contributed by atoms with Gasteiger partial charge in [-0.2, -0.15) is 13.2 Å². The molecular formula is C23H23F3N2O5. The molecule has 0 radical (unpaired) electrons. The van der Waals surface area contributed by atoms with Crippen molar-refractivity contribution in [1.82, 2.24) is 10.6 Å². The van der Waals surface area contributed by atoms with E-state index in [0.29, 0.717) is 6.92 Å². The van der Waals surface area contributed by atoms with Crippen LogP contribution in [0.2, 0.25) is 0 Å². The second kappa shape index (κ2) is 9.13. The maximum atomic E-state index is 13.0. The van der Waals surface area contributed by atoms with Gasteiger partial charge in [-0.1, -0.05) is 48.5 Å². The van der Waals surface area contributed by atoms with E-state index in [4.69, 9.17) is 9.84 Å². The number of fused-ring (bicyclic) bond motifs is 3. The van der Waals surface area contributed by atoms with E-state index < -0.39 is 42.1 Å². The predicted molar refractivity (Wildman–Crippen MR) is 113 cm³/mol. The fraction of sp³-hybridized carbons (Fsp3) is 0.348. The number of carboxylic acids is 1. The van der Waals surface area contributed by atoms with Crippen LogP contribution in [0.4, 0.5) is 18.0 Å². The zero-order chi connectivity index (χ0) is 24.4. The molecule has 2 aromatic rings. The molecule has 3 N–H and O–H groups in total. The highest BCUT2D eigenvalue weighted by molar-refractivity contribution is 5.88. The summed E-state index contributed by atoms with van der Waals surface area (Å²) in [6.07, 6.45) is -6.60. The van der Waals surface area contributed by atoms with Crippen molar-refractivity contribution in [3.8, 4) is 11.1 Å². The van der Waals surface area contributed by atoms with E-state index in [0.717, 1.165) is 22.3 Å². The highest BCUT2D eigenvalue weighted by atomic mass is 19.4. The van der Waals surface area contributed by atoms with E-state index in [1.807, 2.05) is 48.5 Å². The highest BCUT2D eigenvalue weighted by Crippen LogP contribution is 2.44. The van der Waals surface area contributed by atoms with Crippen LogP contribution < -0.4 is 10.6 Å². The zero-order valence-corrected chi connectivity index (χ0v) is 17.9. The van der Waals surface area contributed by atoms with Crippen LogP contribution in [0.15, 0.2) is 48.5 Å². The topological polar surface area (TPSA) is 105 Å². The number of benzene rings is 2. The molecule has 2 atom stereocenters. The largest absolute Gasteiger partial charge is 0.479 e. The van der Waals surface area contributed by atoms with Crippen molar-refractivity contribution in [3.63, 3.8) is 0 Å². The van der Waals surface area contributed by atoms with Crippen LogP contribution in [-0.2, 0) is 14.3 Å². The van der Waals surface area contributed by atoms with E-state index in [1.165, 1.54) is 12.2 Å². The van der Waals surface area contributed by atoms with Gasteiger partial charge < -0.3 is 20.5 Å². The lowest BCUT2D eigenvalue weighted by molar-refractivity contribution is -0.207. The molecule has 3 rings (SSSR count). The monoisotopic (exact) mass is 464 g/mol. The summed E-state index contributed by atoms with van der Waals surface area (Å²) in [7, 11) is 0. The molecule has 1 aliphatic carbocycles. The molecule has 33 heavy (non-hydrogen) atoms. The summed E-state index contributed by atoms with van der Waals surface area (Å²) in [6.45, 7) is 1.79. The third kappa shape index (κ3) is 4.94. The lowest BCUT2D eigenvalue weighted by atomic mass is 9.98. The Hall–Kier alpha value is -3.56. The van der Waals surface area contributed by atoms with Gasteiger partial charge in [-0.15, -0.1) is 0 Å². The molecule has 0 saturated heterocycles. The molecule has 0 saturated carbocycles. The number of nitrogens with one attached hydrogen (secondary N) is 2. The minimum atomic E-state index is -5.20. The number of hydrogen-bond acceptors (Lipinski definition) is 4. The molecule has 7 nitrogen and oxygen atoms in total. The summed E-state index contributed by atoms with van der Waals surface area (Å²) in [6, 6.07) is 14.6. The van der Waals surface area contributed by atoms with Gasteiger partial charge in [0.2, 0.25) is 11.4 Å². The molecule has 176 valence electrons. The van der Waals surface area contributed by atoms with Crippen molar-refractivity contribution in [2.75, 3.05) is 6.61 Å². The van der Waals surface area contributed by atoms with Gasteiger partial charge in [0.25, 0.3) is 0 Å². The number of halogens is 3. The van der Waals surface area contributed by atoms with Crippen LogP contribution in [0.3, 0.4) is 0 Å². The summed E-state index contributed by atoms with van der Waals surface area (Å²) in [5.74, 6) is -3.59. The van der Waals surface area contributed by atoms with Crippen LogP contribution in [0.25, 0.3) is 11.1 Å². The van der Waals surface area contributed by atoms with Crippen molar-refractivity contribution in [1.29, 1.82) is 0 Å². The van der Waals surface area contributed by atoms with E-state index in [-0.39, 0.29) is 12.5 Å². The van der Waals surface area contributed by atoms with Crippen LogP contribution in [0, 0.1) is 0 Å². The Morgan fingerprint density at radius 1 is 1.03 bits per heavy atom. The van der Waals surface area contributed by atoms with Gasteiger partial charge in [-0.3, -0.25) is 4.79 Å². The predicted octanol–water partition coefficient (Wildman–Crippen LogP) is 3.83. The minimum absolute atomic E-state index is 0.0317. The molecule has 2 aromatic carbocycles. The number of carbonyl (C=O) groups excluding carboxylic acids is 2. The van der Waals surface area contributed by atoms with Crippen LogP contribution in [-0.4, -0.2) is 47.4 Å². The van der Waals surface area contributed by atoms with Gasteiger partial charge in [0.1, 0.15) is 6.61 Å². The number of alkyl halides is 3. The van der Waals surface area contributed by atoms with Gasteiger partial charge in [-0.25, -0.2) is 9.59 Å². The Labute approximate surface area is 187 Å². The first kappa shape index (κ1) is 24.1. The third-order valence-electron chi connectivity index (χ3n) is 5.58. The summed E-state index contributed by atoms with van der Waals surface area (Å²) >= 11 is 0. The van der Waals surface area contributed by atoms with Gasteiger partial charge >= 0.3 is 18.2 Å². The average Bonchev–Trinajstić information content (AvgIpc) is 3.04. The maximum Gasteiger partial charge on any atom is 0.422 e. The summed E-state index contributed by atoms with van der Waals surface area (Å²) in [4.78, 5) is 35.2. The van der Waals surface area contributed by atoms with Gasteiger partial charge in [-0.05, 0) is 36.1 Å². The van der Waals surface area contributed by atoms with Gasteiger partial charge in [0.15, 0.2) is 0 Å². The molecule has 2 amide bonds. The molecule has 0 aromatic heterocycles. The summed E-state index contributed by atoms with van der Waals surface area (Å²) < 4.78 is 44.4. The van der Waals surface area contributed by atoms with E-state index in [9.17, 15) is 27.6 Å². The lowest BCUT2D eigenvalue weighted by Crippen LogP contribution is -2.62. The second-order valence-electron chi connectivity index (χ2n) is 8.05. The van der Waals surface area contributed by atoms with E-state index in [2.05, 4.69) is 5.32 Å². The molecule has 0 fully saturated rings. The molecule has 0 spiro atoms. The Balaban J connectivity index is 1.56. The fourth-order valence-corrected chi connectivity index (χ4v) is 3.75. The van der Waals surface area contributed by atoms with Crippen molar-refractivity contribution in [2.45, 2.75) is 43.9 Å². The van der Waals surface area contributed by atoms with Crippen LogP contribution in [0.5, 0.6) is 0 Å². The van der Waals surface area contributed by atoms with Gasteiger partial charge in [0, 0.05) is 18.4 Å². The third-order valence-corrected chi connectivity index (χ3v) is 5.58. The molecule has 2 unspecified atom stereocenters. The first-order valence-corrected chi connectivity index (χ1v) is 10.2. The van der Waals surface area contributed by atoms with Gasteiger partial charge in [0.05, 0.1) is 0 Å². The zero-order valence-electron chi connectivity index (χ0n) is 17.9. The Bertz CT molecular complexity index is 1030. The molecule has 0 heterocycles. The SMILES string of the molecule is CC(CC(=O)NC(C)(C(=O)O)C(F)(F)F)NC(=O)OCC1c2ccccc2-c2ccccc21. The number of carbonyl (C=O) groups is 3. The molecule has 10 heteroatoms. The Kier molecular flexibility index (Phi) is 6.66. The Morgan fingerprint density at radius 2 is 1.55 bits per heavy atom. The van der Waals surface area contributed by atoms with E-state index in [1.54, 1.807) is 0 Å². The summed E-state index contributed by atoms with van der Waals surface area (Å²) in [5.41, 5.74) is 0.697. The van der Waals surface area contributed by atoms with E-state index >= 15 is 0 Å². The number of alkyl carbamates (subject to hydrolysis) is 1. The normalized spacial score (nSPS) is 15.5. The highest BCUT2D eigenvalue weighted by Gasteiger charge is 2.58. The quantitative estimate of drug-likeness (QED) is 0.578. The van der Waals surface area contributed by atoms with Crippen molar-refractivity contribution >= 4 is 18.0 Å². The lowest BCUT2D eigenvalue weighted by Gasteiger charge is -2.29. The average molecular weight is 464 g/mol. The number of amides is 2. The standard InChI is InChI=1S/C23H23F3N2O5/c1-13(11-19(29)28-22(2,20(30)31)23(24,25)26)27-21(32)33-12-18-16-9-5-3-7-14(16)15-8-4-6-10-17(15)18/h3-10,13,18H,11-12H2,1-2H3,(H,27,32)(H,28,29)(H,30,31). The van der Waals surface area contributed by atoms with Crippen LogP contribution >= 0.6 is 0 Å². The molecule has 0 bridgehead atoms. The Morgan fingerprint density at radius 3 is 2.03 bits per heavy atom. The van der Waals surface area contributed by atoms with Crippen LogP contribution in [0.1, 0.15) is 37.3 Å². The molecular weight excluding hydrogens is 441 g/mol. The smallest absolute Gasteiger partial charge is 0.422 e. The number of rotatable bonds is 7. The van der Waals surface area contributed by atoms with Crippen molar-refractivity contribution in [3.05, 3.63) is 59.7 Å². The number of carboxylic acid groups (broad SMARTS) is 1. The molecule has 0 aliphatic heterocycles. The van der Waals surface area contributed by atoms with Crippen molar-refractivity contribution in [2.24, 2.45) is 0 Å². The number of aliphatic carboxylic acids is 1. The number of ether oxygens (including phenoxy) is 1. The first-order valence-electron chi connectivity index (χ1n) is 10.2. The number of hydrogen-bond donors (Lipinski definition) is 3. The minimum Gasteiger partial charge on any atom is -0.479 e. The fourth-order valence-electron chi connectivity index (χ4n) is 3.75. The van der Waals surface area contributed by atoms with Crippen molar-refractivity contribution < 1.29 is 37.4 Å². The first-order chi connectivity index (χ1) is 15.4. The summed E-state index contributed by atoms with van der Waals surface area (Å²) in [5, 5.41) is 12.8. The maximum absolute atomic E-state index is 13.0. The molecule has 1 aliphatic rings. The second-order valence-corrected chi connectivity index (χ2v) is 8.05.